The van der Waals surface area contributed by atoms with Gasteiger partial charge in [0.05, 0.1) is 16.8 Å². The summed E-state index contributed by atoms with van der Waals surface area (Å²) in [7, 11) is 1.38. The van der Waals surface area contributed by atoms with E-state index in [1.807, 2.05) is 6.92 Å². The highest BCUT2D eigenvalue weighted by atomic mass is 19.4. The van der Waals surface area contributed by atoms with Gasteiger partial charge in [0.15, 0.2) is 0 Å². The molecule has 2 rings (SSSR count). The Kier molecular flexibility index (Phi) is 3.67. The quantitative estimate of drug-likeness (QED) is 0.892. The molecule has 0 saturated heterocycles. The summed E-state index contributed by atoms with van der Waals surface area (Å²) in [4.78, 5) is 12.1. The molecule has 3 nitrogen and oxygen atoms in total. The third-order valence-corrected chi connectivity index (χ3v) is 3.64. The second-order valence-electron chi connectivity index (χ2n) is 5.47. The molecular formula is C14H17F3N2O. The summed E-state index contributed by atoms with van der Waals surface area (Å²) in [5.41, 5.74) is -0.882. The van der Waals surface area contributed by atoms with E-state index in [-0.39, 0.29) is 16.7 Å². The van der Waals surface area contributed by atoms with E-state index in [1.54, 1.807) is 0 Å². The SMILES string of the molecule is CNc1c(C(=O)NCC2(C)CC2)cccc1C(F)(F)F. The van der Waals surface area contributed by atoms with Gasteiger partial charge >= 0.3 is 6.18 Å². The molecule has 0 atom stereocenters. The molecule has 1 saturated carbocycles. The number of amides is 1. The van der Waals surface area contributed by atoms with E-state index >= 15 is 0 Å². The van der Waals surface area contributed by atoms with Gasteiger partial charge in [0.2, 0.25) is 0 Å². The minimum absolute atomic E-state index is 0.0200. The number of rotatable bonds is 4. The Hall–Kier alpha value is -1.72. The number of hydrogen-bond acceptors (Lipinski definition) is 2. The van der Waals surface area contributed by atoms with Crippen molar-refractivity contribution in [2.24, 2.45) is 5.41 Å². The summed E-state index contributed by atoms with van der Waals surface area (Å²) in [6.07, 6.45) is -2.42. The number of halogens is 3. The van der Waals surface area contributed by atoms with E-state index in [9.17, 15) is 18.0 Å². The van der Waals surface area contributed by atoms with Crippen LogP contribution in [0.1, 0.15) is 35.7 Å². The van der Waals surface area contributed by atoms with E-state index < -0.39 is 17.6 Å². The zero-order valence-corrected chi connectivity index (χ0v) is 11.4. The molecule has 0 spiro atoms. The van der Waals surface area contributed by atoms with E-state index in [4.69, 9.17) is 0 Å². The maximum Gasteiger partial charge on any atom is 0.418 e. The average Bonchev–Trinajstić information content (AvgIpc) is 3.12. The van der Waals surface area contributed by atoms with E-state index in [0.717, 1.165) is 18.9 Å². The van der Waals surface area contributed by atoms with Crippen LogP contribution in [0, 0.1) is 5.41 Å². The predicted molar refractivity (Wildman–Crippen MR) is 70.7 cm³/mol. The van der Waals surface area contributed by atoms with Crippen LogP contribution < -0.4 is 10.6 Å². The summed E-state index contributed by atoms with van der Waals surface area (Å²) in [6.45, 7) is 2.53. The summed E-state index contributed by atoms with van der Waals surface area (Å²) in [5.74, 6) is -0.478. The lowest BCUT2D eigenvalue weighted by Crippen LogP contribution is -2.30. The monoisotopic (exact) mass is 286 g/mol. The first-order valence-corrected chi connectivity index (χ1v) is 6.43. The number of carbonyl (C=O) groups is 1. The van der Waals surface area contributed by atoms with Crippen molar-refractivity contribution in [3.63, 3.8) is 0 Å². The standard InChI is InChI=1S/C14H17F3N2O/c1-13(6-7-13)8-19-12(20)9-4-3-5-10(11(9)18-2)14(15,16)17/h3-5,18H,6-8H2,1-2H3,(H,19,20). The fraction of sp³-hybridized carbons (Fsp3) is 0.500. The molecule has 1 amide bonds. The number of benzene rings is 1. The van der Waals surface area contributed by atoms with Crippen molar-refractivity contribution in [3.8, 4) is 0 Å². The van der Waals surface area contributed by atoms with Crippen LogP contribution in [-0.2, 0) is 6.18 Å². The van der Waals surface area contributed by atoms with Gasteiger partial charge in [0.25, 0.3) is 5.91 Å². The summed E-state index contributed by atoms with van der Waals surface area (Å²) < 4.78 is 38.7. The molecule has 2 N–H and O–H groups in total. The van der Waals surface area contributed by atoms with Crippen molar-refractivity contribution in [3.05, 3.63) is 29.3 Å². The first-order valence-electron chi connectivity index (χ1n) is 6.43. The third kappa shape index (κ3) is 3.05. The van der Waals surface area contributed by atoms with Gasteiger partial charge in [0.1, 0.15) is 0 Å². The Balaban J connectivity index is 2.24. The largest absolute Gasteiger partial charge is 0.418 e. The number of hydrogen-bond donors (Lipinski definition) is 2. The van der Waals surface area contributed by atoms with E-state index in [2.05, 4.69) is 10.6 Å². The van der Waals surface area contributed by atoms with Crippen molar-refractivity contribution >= 4 is 11.6 Å². The molecule has 0 unspecified atom stereocenters. The molecule has 0 heterocycles. The second kappa shape index (κ2) is 5.00. The maximum atomic E-state index is 12.9. The highest BCUT2D eigenvalue weighted by molar-refractivity contribution is 6.00. The predicted octanol–water partition coefficient (Wildman–Crippen LogP) is 3.28. The number of alkyl halides is 3. The molecule has 0 radical (unpaired) electrons. The Morgan fingerprint density at radius 2 is 2.00 bits per heavy atom. The summed E-state index contributed by atoms with van der Waals surface area (Å²) in [5, 5.41) is 5.19. The van der Waals surface area contributed by atoms with Crippen molar-refractivity contribution < 1.29 is 18.0 Å². The molecule has 0 aliphatic heterocycles. The molecule has 1 aromatic carbocycles. The van der Waals surface area contributed by atoms with Crippen LogP contribution in [0.5, 0.6) is 0 Å². The fourth-order valence-electron chi connectivity index (χ4n) is 2.03. The molecule has 0 aromatic heterocycles. The van der Waals surface area contributed by atoms with E-state index in [0.29, 0.717) is 6.54 Å². The van der Waals surface area contributed by atoms with Gasteiger partial charge in [-0.3, -0.25) is 4.79 Å². The van der Waals surface area contributed by atoms with Crippen molar-refractivity contribution in [2.75, 3.05) is 18.9 Å². The van der Waals surface area contributed by atoms with Crippen molar-refractivity contribution in [2.45, 2.75) is 25.9 Å². The van der Waals surface area contributed by atoms with Crippen molar-refractivity contribution in [1.82, 2.24) is 5.32 Å². The number of carbonyl (C=O) groups excluding carboxylic acids is 1. The zero-order valence-electron chi connectivity index (χ0n) is 11.4. The minimum atomic E-state index is -4.49. The molecule has 1 aromatic rings. The van der Waals surface area contributed by atoms with Crippen molar-refractivity contribution in [1.29, 1.82) is 0 Å². The molecule has 1 fully saturated rings. The number of nitrogens with one attached hydrogen (secondary N) is 2. The topological polar surface area (TPSA) is 41.1 Å². The molecule has 6 heteroatoms. The van der Waals surface area contributed by atoms with Crippen LogP contribution in [0.15, 0.2) is 18.2 Å². The zero-order chi connectivity index (χ0) is 15.0. The Morgan fingerprint density at radius 3 is 2.50 bits per heavy atom. The fourth-order valence-corrected chi connectivity index (χ4v) is 2.03. The molecule has 1 aliphatic carbocycles. The molecule has 1 aliphatic rings. The van der Waals surface area contributed by atoms with Gasteiger partial charge in [-0.1, -0.05) is 13.0 Å². The molecular weight excluding hydrogens is 269 g/mol. The molecule has 20 heavy (non-hydrogen) atoms. The highest BCUT2D eigenvalue weighted by Gasteiger charge is 2.38. The summed E-state index contributed by atoms with van der Waals surface area (Å²) in [6, 6.07) is 3.61. The van der Waals surface area contributed by atoms with Crippen LogP contribution in [0.3, 0.4) is 0 Å². The van der Waals surface area contributed by atoms with Crippen LogP contribution in [-0.4, -0.2) is 19.5 Å². The molecule has 0 bridgehead atoms. The summed E-state index contributed by atoms with van der Waals surface area (Å²) >= 11 is 0. The Morgan fingerprint density at radius 1 is 1.35 bits per heavy atom. The van der Waals surface area contributed by atoms with Crippen LogP contribution >= 0.6 is 0 Å². The van der Waals surface area contributed by atoms with E-state index in [1.165, 1.54) is 19.2 Å². The molecule has 110 valence electrons. The smallest absolute Gasteiger partial charge is 0.387 e. The van der Waals surface area contributed by atoms with Crippen LogP contribution in [0.4, 0.5) is 18.9 Å². The maximum absolute atomic E-state index is 12.9. The third-order valence-electron chi connectivity index (χ3n) is 3.64. The lowest BCUT2D eigenvalue weighted by atomic mass is 10.0. The lowest BCUT2D eigenvalue weighted by Gasteiger charge is -2.17. The van der Waals surface area contributed by atoms with Gasteiger partial charge in [-0.2, -0.15) is 13.2 Å². The van der Waals surface area contributed by atoms with Crippen LogP contribution in [0.25, 0.3) is 0 Å². The number of para-hydroxylation sites is 1. The Bertz CT molecular complexity index is 522. The first kappa shape index (κ1) is 14.7. The van der Waals surface area contributed by atoms with Gasteiger partial charge in [-0.25, -0.2) is 0 Å². The van der Waals surface area contributed by atoms with Gasteiger partial charge in [-0.05, 0) is 30.4 Å². The normalized spacial score (nSPS) is 16.6. The van der Waals surface area contributed by atoms with Gasteiger partial charge in [0, 0.05) is 13.6 Å². The second-order valence-corrected chi connectivity index (χ2v) is 5.47. The lowest BCUT2D eigenvalue weighted by molar-refractivity contribution is -0.136. The Labute approximate surface area is 115 Å². The first-order chi connectivity index (χ1) is 9.27. The van der Waals surface area contributed by atoms with Crippen LogP contribution in [0.2, 0.25) is 0 Å². The average molecular weight is 286 g/mol. The highest BCUT2D eigenvalue weighted by Crippen LogP contribution is 2.44. The minimum Gasteiger partial charge on any atom is -0.387 e. The van der Waals surface area contributed by atoms with Gasteiger partial charge < -0.3 is 10.6 Å². The number of anilines is 1. The van der Waals surface area contributed by atoms with Gasteiger partial charge in [-0.15, -0.1) is 0 Å².